The van der Waals surface area contributed by atoms with Gasteiger partial charge in [-0.2, -0.15) is 4.98 Å². The zero-order valence-corrected chi connectivity index (χ0v) is 17.5. The summed E-state index contributed by atoms with van der Waals surface area (Å²) in [5.74, 6) is 1.93. The van der Waals surface area contributed by atoms with Crippen molar-refractivity contribution in [3.63, 3.8) is 0 Å². The van der Waals surface area contributed by atoms with Crippen LogP contribution in [0, 0.1) is 13.8 Å². The van der Waals surface area contributed by atoms with E-state index in [1.807, 2.05) is 38.1 Å². The van der Waals surface area contributed by atoms with Gasteiger partial charge in [0.15, 0.2) is 0 Å². The summed E-state index contributed by atoms with van der Waals surface area (Å²) in [4.78, 5) is 4.44. The normalized spacial score (nSPS) is 11.4. The number of methoxy groups -OCH3 is 1. The van der Waals surface area contributed by atoms with E-state index >= 15 is 0 Å². The highest BCUT2D eigenvalue weighted by Crippen LogP contribution is 2.27. The van der Waals surface area contributed by atoms with E-state index in [1.165, 1.54) is 6.07 Å². The second-order valence-corrected chi connectivity index (χ2v) is 8.04. The number of nitrogens with zero attached hydrogens (tertiary/aromatic N) is 2. The molecule has 2 aromatic carbocycles. The van der Waals surface area contributed by atoms with Crippen molar-refractivity contribution in [1.29, 1.82) is 0 Å². The largest absolute Gasteiger partial charge is 0.496 e. The third-order valence-electron chi connectivity index (χ3n) is 4.50. The summed E-state index contributed by atoms with van der Waals surface area (Å²) in [6.07, 6.45) is 0. The monoisotopic (exact) mass is 417 g/mol. The smallest absolute Gasteiger partial charge is 0.242 e. The summed E-state index contributed by atoms with van der Waals surface area (Å²) in [7, 11) is -2.21. The van der Waals surface area contributed by atoms with E-state index in [0.29, 0.717) is 23.7 Å². The molecule has 154 valence electrons. The number of sulfonamides is 1. The second kappa shape index (κ2) is 8.62. The van der Waals surface area contributed by atoms with E-state index in [-0.39, 0.29) is 17.3 Å². The zero-order valence-electron chi connectivity index (χ0n) is 16.7. The van der Waals surface area contributed by atoms with Crippen molar-refractivity contribution in [1.82, 2.24) is 14.9 Å². The van der Waals surface area contributed by atoms with Crippen molar-refractivity contribution in [2.75, 3.05) is 13.7 Å². The number of rotatable bonds is 8. The minimum atomic E-state index is -3.75. The van der Waals surface area contributed by atoms with Crippen molar-refractivity contribution >= 4 is 10.0 Å². The topological polar surface area (TPSA) is 104 Å². The third kappa shape index (κ3) is 4.57. The van der Waals surface area contributed by atoms with E-state index in [1.54, 1.807) is 20.1 Å². The molecule has 0 atom stereocenters. The number of benzene rings is 2. The molecule has 0 radical (unpaired) electrons. The Bertz CT molecular complexity index is 1090. The van der Waals surface area contributed by atoms with Crippen LogP contribution in [0.4, 0.5) is 0 Å². The van der Waals surface area contributed by atoms with Crippen LogP contribution in [-0.2, 0) is 16.6 Å². The van der Waals surface area contributed by atoms with E-state index in [4.69, 9.17) is 14.0 Å². The van der Waals surface area contributed by atoms with Crippen LogP contribution in [0.25, 0.3) is 11.4 Å². The SMILES string of the molecule is CCOc1ccc(-c2noc(CNS(=O)(=O)c3ccc(OC)c(C)c3C)n2)cc1. The molecule has 1 heterocycles. The maximum Gasteiger partial charge on any atom is 0.242 e. The molecule has 0 amide bonds. The van der Waals surface area contributed by atoms with Crippen LogP contribution >= 0.6 is 0 Å². The fourth-order valence-electron chi connectivity index (χ4n) is 2.83. The lowest BCUT2D eigenvalue weighted by molar-refractivity contribution is 0.340. The molecule has 0 fully saturated rings. The number of hydrogen-bond donors (Lipinski definition) is 1. The first-order valence-electron chi connectivity index (χ1n) is 9.05. The Hall–Kier alpha value is -2.91. The molecular formula is C20H23N3O5S. The lowest BCUT2D eigenvalue weighted by atomic mass is 10.1. The first-order chi connectivity index (χ1) is 13.9. The van der Waals surface area contributed by atoms with Crippen molar-refractivity contribution in [3.05, 3.63) is 53.4 Å². The van der Waals surface area contributed by atoms with Crippen LogP contribution in [-0.4, -0.2) is 32.3 Å². The maximum absolute atomic E-state index is 12.7. The molecule has 8 nitrogen and oxygen atoms in total. The fraction of sp³-hybridized carbons (Fsp3) is 0.300. The predicted octanol–water partition coefficient (Wildman–Crippen LogP) is 3.24. The van der Waals surface area contributed by atoms with Gasteiger partial charge in [-0.1, -0.05) is 5.16 Å². The summed E-state index contributed by atoms with van der Waals surface area (Å²) in [6.45, 7) is 5.93. The van der Waals surface area contributed by atoms with Crippen LogP contribution in [0.2, 0.25) is 0 Å². The summed E-state index contributed by atoms with van der Waals surface area (Å²) in [5, 5.41) is 3.91. The van der Waals surface area contributed by atoms with E-state index in [9.17, 15) is 8.42 Å². The molecule has 1 aromatic heterocycles. The second-order valence-electron chi connectivity index (χ2n) is 6.31. The van der Waals surface area contributed by atoms with Gasteiger partial charge in [0.25, 0.3) is 0 Å². The van der Waals surface area contributed by atoms with E-state index in [0.717, 1.165) is 16.9 Å². The summed E-state index contributed by atoms with van der Waals surface area (Å²) in [6, 6.07) is 10.4. The Morgan fingerprint density at radius 1 is 1.07 bits per heavy atom. The van der Waals surface area contributed by atoms with Crippen molar-refractivity contribution < 1.29 is 22.4 Å². The zero-order chi connectivity index (χ0) is 21.0. The molecular weight excluding hydrogens is 394 g/mol. The first kappa shape index (κ1) is 20.8. The Morgan fingerprint density at radius 3 is 2.45 bits per heavy atom. The molecule has 1 N–H and O–H groups in total. The van der Waals surface area contributed by atoms with E-state index < -0.39 is 10.0 Å². The maximum atomic E-state index is 12.7. The van der Waals surface area contributed by atoms with Gasteiger partial charge in [-0.25, -0.2) is 13.1 Å². The molecule has 0 aliphatic rings. The van der Waals surface area contributed by atoms with Crippen molar-refractivity contribution in [3.8, 4) is 22.9 Å². The Labute approximate surface area is 169 Å². The summed E-state index contributed by atoms with van der Waals surface area (Å²) >= 11 is 0. The Balaban J connectivity index is 1.73. The molecule has 0 saturated heterocycles. The minimum Gasteiger partial charge on any atom is -0.496 e. The van der Waals surface area contributed by atoms with Gasteiger partial charge in [0.2, 0.25) is 21.7 Å². The van der Waals surface area contributed by atoms with Gasteiger partial charge < -0.3 is 14.0 Å². The number of hydrogen-bond acceptors (Lipinski definition) is 7. The van der Waals surface area contributed by atoms with Crippen molar-refractivity contribution in [2.24, 2.45) is 0 Å². The lowest BCUT2D eigenvalue weighted by Gasteiger charge is -2.13. The fourth-order valence-corrected chi connectivity index (χ4v) is 4.10. The molecule has 3 rings (SSSR count). The Kier molecular flexibility index (Phi) is 6.19. The molecule has 0 bridgehead atoms. The van der Waals surface area contributed by atoms with Crippen molar-refractivity contribution in [2.45, 2.75) is 32.2 Å². The third-order valence-corrected chi connectivity index (χ3v) is 6.05. The van der Waals surface area contributed by atoms with Gasteiger partial charge in [-0.05, 0) is 68.3 Å². The predicted molar refractivity (Wildman–Crippen MR) is 107 cm³/mol. The first-order valence-corrected chi connectivity index (χ1v) is 10.5. The molecule has 9 heteroatoms. The molecule has 0 aliphatic heterocycles. The van der Waals surface area contributed by atoms with Gasteiger partial charge in [-0.15, -0.1) is 0 Å². The molecule has 0 aliphatic carbocycles. The number of nitrogens with one attached hydrogen (secondary N) is 1. The molecule has 29 heavy (non-hydrogen) atoms. The molecule has 0 saturated carbocycles. The minimum absolute atomic E-state index is 0.114. The van der Waals surface area contributed by atoms with Crippen LogP contribution in [0.3, 0.4) is 0 Å². The van der Waals surface area contributed by atoms with Crippen LogP contribution in [0.15, 0.2) is 45.8 Å². The standard InChI is InChI=1S/C20H23N3O5S/c1-5-27-16-8-6-15(7-9-16)20-22-19(28-23-20)12-21-29(24,25)18-11-10-17(26-4)13(2)14(18)3/h6-11,21H,5,12H2,1-4H3. The van der Waals surface area contributed by atoms with Crippen LogP contribution in [0.1, 0.15) is 23.9 Å². The molecule has 3 aromatic rings. The van der Waals surface area contributed by atoms with Crippen LogP contribution in [0.5, 0.6) is 11.5 Å². The van der Waals surface area contributed by atoms with Crippen LogP contribution < -0.4 is 14.2 Å². The molecule has 0 spiro atoms. The van der Waals surface area contributed by atoms with Gasteiger partial charge >= 0.3 is 0 Å². The highest BCUT2D eigenvalue weighted by atomic mass is 32.2. The summed E-state index contributed by atoms with van der Waals surface area (Å²) < 4.78 is 43.7. The summed E-state index contributed by atoms with van der Waals surface area (Å²) in [5.41, 5.74) is 2.14. The quantitative estimate of drug-likeness (QED) is 0.600. The number of aromatic nitrogens is 2. The Morgan fingerprint density at radius 2 is 1.79 bits per heavy atom. The van der Waals surface area contributed by atoms with E-state index in [2.05, 4.69) is 14.9 Å². The van der Waals surface area contributed by atoms with Gasteiger partial charge in [0, 0.05) is 5.56 Å². The van der Waals surface area contributed by atoms with Gasteiger partial charge in [-0.3, -0.25) is 0 Å². The average Bonchev–Trinajstić information content (AvgIpc) is 3.18. The number of ether oxygens (including phenoxy) is 2. The van der Waals surface area contributed by atoms with Gasteiger partial charge in [0.1, 0.15) is 11.5 Å². The average molecular weight is 417 g/mol. The lowest BCUT2D eigenvalue weighted by Crippen LogP contribution is -2.24. The van der Waals surface area contributed by atoms with Gasteiger partial charge in [0.05, 0.1) is 25.2 Å². The highest BCUT2D eigenvalue weighted by Gasteiger charge is 2.20. The molecule has 0 unspecified atom stereocenters. The highest BCUT2D eigenvalue weighted by molar-refractivity contribution is 7.89.